The normalized spacial score (nSPS) is 10.3. The minimum absolute atomic E-state index is 0.0103. The fourth-order valence-electron chi connectivity index (χ4n) is 2.80. The van der Waals surface area contributed by atoms with Crippen molar-refractivity contribution in [3.63, 3.8) is 0 Å². The number of anilines is 1. The second-order valence-electron chi connectivity index (χ2n) is 6.00. The van der Waals surface area contributed by atoms with Gasteiger partial charge in [0.15, 0.2) is 0 Å². The number of pyridine rings is 1. The lowest BCUT2D eigenvalue weighted by molar-refractivity contribution is -0.120. The third-order valence-electron chi connectivity index (χ3n) is 4.19. The van der Waals surface area contributed by atoms with Crippen LogP contribution >= 0.6 is 0 Å². The first-order valence-electron chi connectivity index (χ1n) is 8.44. The topological polar surface area (TPSA) is 68.0 Å². The van der Waals surface area contributed by atoms with Gasteiger partial charge < -0.3 is 11.1 Å². The standard InChI is InChI=1S/C22H21N3O/c1-2-19-20(12-13-24-22(19)23)18-10-8-17(9-11-18)15-25-21(26)14-16-6-4-3-5-7-16/h2-13H,1,14-15H2,(H2,23,24)(H,25,26). The molecule has 0 radical (unpaired) electrons. The van der Waals surface area contributed by atoms with E-state index in [1.807, 2.05) is 60.7 Å². The van der Waals surface area contributed by atoms with E-state index in [0.717, 1.165) is 27.8 Å². The summed E-state index contributed by atoms with van der Waals surface area (Å²) in [6.07, 6.45) is 3.79. The molecule has 1 heterocycles. The van der Waals surface area contributed by atoms with Crippen LogP contribution < -0.4 is 11.1 Å². The Hall–Kier alpha value is -3.40. The molecule has 0 aliphatic carbocycles. The molecule has 0 spiro atoms. The van der Waals surface area contributed by atoms with Gasteiger partial charge >= 0.3 is 0 Å². The molecule has 130 valence electrons. The Morgan fingerprint density at radius 1 is 1.04 bits per heavy atom. The summed E-state index contributed by atoms with van der Waals surface area (Å²) in [6.45, 7) is 4.31. The molecule has 0 saturated carbocycles. The number of nitrogens with one attached hydrogen (secondary N) is 1. The van der Waals surface area contributed by atoms with Crippen LogP contribution in [0.2, 0.25) is 0 Å². The molecule has 3 N–H and O–H groups in total. The van der Waals surface area contributed by atoms with Crippen molar-refractivity contribution in [3.8, 4) is 11.1 Å². The molecule has 26 heavy (non-hydrogen) atoms. The van der Waals surface area contributed by atoms with Gasteiger partial charge in [0.1, 0.15) is 5.82 Å². The molecule has 2 aromatic carbocycles. The lowest BCUT2D eigenvalue weighted by Gasteiger charge is -2.10. The molecular formula is C22H21N3O. The summed E-state index contributed by atoms with van der Waals surface area (Å²) in [7, 11) is 0. The van der Waals surface area contributed by atoms with Gasteiger partial charge in [-0.3, -0.25) is 4.79 Å². The zero-order chi connectivity index (χ0) is 18.4. The van der Waals surface area contributed by atoms with Crippen LogP contribution in [0.15, 0.2) is 73.4 Å². The van der Waals surface area contributed by atoms with E-state index >= 15 is 0 Å². The van der Waals surface area contributed by atoms with E-state index in [1.165, 1.54) is 0 Å². The van der Waals surface area contributed by atoms with E-state index in [0.29, 0.717) is 18.8 Å². The SMILES string of the molecule is C=Cc1c(-c2ccc(CNC(=O)Cc3ccccc3)cc2)ccnc1N. The second-order valence-corrected chi connectivity index (χ2v) is 6.00. The van der Waals surface area contributed by atoms with Crippen LogP contribution in [-0.2, 0) is 17.8 Å². The van der Waals surface area contributed by atoms with Crippen molar-refractivity contribution in [3.05, 3.63) is 90.1 Å². The highest BCUT2D eigenvalue weighted by molar-refractivity contribution is 5.80. The number of carbonyl (C=O) groups excluding carboxylic acids is 1. The maximum absolute atomic E-state index is 12.1. The lowest BCUT2D eigenvalue weighted by Crippen LogP contribution is -2.24. The monoisotopic (exact) mass is 343 g/mol. The molecule has 0 bridgehead atoms. The van der Waals surface area contributed by atoms with Crippen molar-refractivity contribution in [1.82, 2.24) is 10.3 Å². The third-order valence-corrected chi connectivity index (χ3v) is 4.19. The van der Waals surface area contributed by atoms with Crippen molar-refractivity contribution in [1.29, 1.82) is 0 Å². The van der Waals surface area contributed by atoms with E-state index in [1.54, 1.807) is 12.3 Å². The lowest BCUT2D eigenvalue weighted by atomic mass is 9.99. The van der Waals surface area contributed by atoms with Crippen LogP contribution in [0, 0.1) is 0 Å². The van der Waals surface area contributed by atoms with E-state index in [2.05, 4.69) is 16.9 Å². The first-order chi connectivity index (χ1) is 12.7. The van der Waals surface area contributed by atoms with E-state index < -0.39 is 0 Å². The van der Waals surface area contributed by atoms with Gasteiger partial charge in [0.25, 0.3) is 0 Å². The number of nitrogen functional groups attached to an aromatic ring is 1. The van der Waals surface area contributed by atoms with E-state index in [-0.39, 0.29) is 5.91 Å². The first-order valence-corrected chi connectivity index (χ1v) is 8.44. The van der Waals surface area contributed by atoms with Crippen molar-refractivity contribution in [2.24, 2.45) is 0 Å². The highest BCUT2D eigenvalue weighted by atomic mass is 16.1. The van der Waals surface area contributed by atoms with Gasteiger partial charge in [-0.15, -0.1) is 0 Å². The zero-order valence-electron chi connectivity index (χ0n) is 14.5. The first kappa shape index (κ1) is 17.4. The number of carbonyl (C=O) groups is 1. The summed E-state index contributed by atoms with van der Waals surface area (Å²) in [6, 6.07) is 19.7. The second kappa shape index (κ2) is 8.12. The van der Waals surface area contributed by atoms with Crippen LogP contribution in [0.5, 0.6) is 0 Å². The molecule has 3 rings (SSSR count). The quantitative estimate of drug-likeness (QED) is 0.715. The van der Waals surface area contributed by atoms with Crippen molar-refractivity contribution in [2.75, 3.05) is 5.73 Å². The number of rotatable bonds is 6. The average Bonchev–Trinajstić information content (AvgIpc) is 2.67. The molecule has 0 saturated heterocycles. The van der Waals surface area contributed by atoms with Crippen molar-refractivity contribution >= 4 is 17.8 Å². The van der Waals surface area contributed by atoms with Crippen molar-refractivity contribution < 1.29 is 4.79 Å². The van der Waals surface area contributed by atoms with Gasteiger partial charge in [-0.1, -0.05) is 67.3 Å². The fourth-order valence-corrected chi connectivity index (χ4v) is 2.80. The Labute approximate surface area is 153 Å². The summed E-state index contributed by atoms with van der Waals surface area (Å²) in [5, 5.41) is 2.95. The Kier molecular flexibility index (Phi) is 5.44. The number of benzene rings is 2. The van der Waals surface area contributed by atoms with Crippen LogP contribution in [0.25, 0.3) is 17.2 Å². The third kappa shape index (κ3) is 4.16. The summed E-state index contributed by atoms with van der Waals surface area (Å²) in [5.74, 6) is 0.478. The fraction of sp³-hybridized carbons (Fsp3) is 0.0909. The molecular weight excluding hydrogens is 322 g/mol. The highest BCUT2D eigenvalue weighted by Crippen LogP contribution is 2.27. The van der Waals surface area contributed by atoms with Gasteiger partial charge in [-0.05, 0) is 28.3 Å². The number of amides is 1. The largest absolute Gasteiger partial charge is 0.383 e. The maximum atomic E-state index is 12.1. The Bertz CT molecular complexity index is 902. The average molecular weight is 343 g/mol. The van der Waals surface area contributed by atoms with E-state index in [9.17, 15) is 4.79 Å². The van der Waals surface area contributed by atoms with Crippen LogP contribution in [0.1, 0.15) is 16.7 Å². The Morgan fingerprint density at radius 3 is 2.46 bits per heavy atom. The van der Waals surface area contributed by atoms with Crippen LogP contribution in [0.4, 0.5) is 5.82 Å². The molecule has 0 atom stereocenters. The smallest absolute Gasteiger partial charge is 0.224 e. The predicted octanol–water partition coefficient (Wildman–Crippen LogP) is 3.83. The molecule has 0 aliphatic rings. The van der Waals surface area contributed by atoms with Gasteiger partial charge in [0.05, 0.1) is 6.42 Å². The van der Waals surface area contributed by atoms with Gasteiger partial charge in [-0.2, -0.15) is 0 Å². The van der Waals surface area contributed by atoms with Crippen molar-refractivity contribution in [2.45, 2.75) is 13.0 Å². The number of nitrogens with zero attached hydrogens (tertiary/aromatic N) is 1. The molecule has 0 unspecified atom stereocenters. The van der Waals surface area contributed by atoms with Crippen LogP contribution in [0.3, 0.4) is 0 Å². The minimum atomic E-state index is 0.0103. The van der Waals surface area contributed by atoms with Gasteiger partial charge in [-0.25, -0.2) is 4.98 Å². The maximum Gasteiger partial charge on any atom is 0.224 e. The van der Waals surface area contributed by atoms with E-state index in [4.69, 9.17) is 5.73 Å². The van der Waals surface area contributed by atoms with Gasteiger partial charge in [0, 0.05) is 18.3 Å². The molecule has 1 amide bonds. The van der Waals surface area contributed by atoms with Crippen LogP contribution in [-0.4, -0.2) is 10.9 Å². The summed E-state index contributed by atoms with van der Waals surface area (Å²) in [4.78, 5) is 16.1. The Morgan fingerprint density at radius 2 is 1.77 bits per heavy atom. The predicted molar refractivity (Wildman–Crippen MR) is 106 cm³/mol. The molecule has 4 heteroatoms. The number of hydrogen-bond acceptors (Lipinski definition) is 3. The number of nitrogens with two attached hydrogens (primary N) is 1. The molecule has 0 fully saturated rings. The zero-order valence-corrected chi connectivity index (χ0v) is 14.5. The molecule has 3 aromatic rings. The molecule has 1 aromatic heterocycles. The minimum Gasteiger partial charge on any atom is -0.383 e. The summed E-state index contributed by atoms with van der Waals surface area (Å²) in [5.41, 5.74) is 10.8. The summed E-state index contributed by atoms with van der Waals surface area (Å²) >= 11 is 0. The van der Waals surface area contributed by atoms with Gasteiger partial charge in [0.2, 0.25) is 5.91 Å². The summed E-state index contributed by atoms with van der Waals surface area (Å²) < 4.78 is 0. The number of aromatic nitrogens is 1. The molecule has 4 nitrogen and oxygen atoms in total. The highest BCUT2D eigenvalue weighted by Gasteiger charge is 2.07. The Balaban J connectivity index is 1.64. The molecule has 0 aliphatic heterocycles. The number of hydrogen-bond donors (Lipinski definition) is 2.